The van der Waals surface area contributed by atoms with Gasteiger partial charge in [0.25, 0.3) is 5.95 Å². The number of rotatable bonds is 6. The van der Waals surface area contributed by atoms with Crippen molar-refractivity contribution in [2.24, 2.45) is 0 Å². The van der Waals surface area contributed by atoms with Gasteiger partial charge in [0, 0.05) is 23.0 Å². The van der Waals surface area contributed by atoms with Crippen molar-refractivity contribution in [3.8, 4) is 5.95 Å². The first-order chi connectivity index (χ1) is 16.4. The number of halogens is 1. The zero-order valence-corrected chi connectivity index (χ0v) is 19.7. The number of carbonyl (C=O) groups excluding carboxylic acids is 2. The summed E-state index contributed by atoms with van der Waals surface area (Å²) < 4.78 is 31.1. The van der Waals surface area contributed by atoms with E-state index >= 15 is 0 Å². The number of dihydropyridines is 1. The number of nitrogens with zero attached hydrogens (tertiary/aromatic N) is 1. The van der Waals surface area contributed by atoms with Gasteiger partial charge in [0.2, 0.25) is 0 Å². The van der Waals surface area contributed by atoms with Crippen molar-refractivity contribution in [3.63, 3.8) is 0 Å². The Bertz CT molecular complexity index is 1140. The van der Waals surface area contributed by atoms with E-state index in [0.717, 1.165) is 25.9 Å². The summed E-state index contributed by atoms with van der Waals surface area (Å²) in [5.74, 6) is -2.16. The Balaban J connectivity index is 1.62. The number of hydrogen-bond acceptors (Lipinski definition) is 7. The number of furan rings is 1. The number of esters is 2. The molecule has 7 nitrogen and oxygen atoms in total. The van der Waals surface area contributed by atoms with E-state index in [9.17, 15) is 14.0 Å². The molecule has 0 bridgehead atoms. The van der Waals surface area contributed by atoms with Crippen LogP contribution in [0.5, 0.6) is 5.95 Å². The molecular formula is C26H29FN2O5. The van der Waals surface area contributed by atoms with E-state index < -0.39 is 23.7 Å². The molecule has 1 aromatic heterocycles. The quantitative estimate of drug-likeness (QED) is 0.629. The third-order valence-corrected chi connectivity index (χ3v) is 6.26. The minimum absolute atomic E-state index is 0.0514. The molecule has 1 unspecified atom stereocenters. The zero-order valence-electron chi connectivity index (χ0n) is 19.7. The minimum Gasteiger partial charge on any atom is -0.466 e. The molecule has 0 spiro atoms. The van der Waals surface area contributed by atoms with Gasteiger partial charge in [-0.05, 0) is 51.9 Å². The van der Waals surface area contributed by atoms with Gasteiger partial charge in [-0.15, -0.1) is 0 Å². The van der Waals surface area contributed by atoms with E-state index in [4.69, 9.17) is 13.9 Å². The summed E-state index contributed by atoms with van der Waals surface area (Å²) in [5.41, 5.74) is 1.39. The lowest BCUT2D eigenvalue weighted by atomic mass is 9.80. The first-order valence-electron chi connectivity index (χ1n) is 11.4. The van der Waals surface area contributed by atoms with Crippen LogP contribution in [0.3, 0.4) is 0 Å². The lowest BCUT2D eigenvalue weighted by molar-refractivity contribution is -0.136. The van der Waals surface area contributed by atoms with E-state index in [1.165, 1.54) is 19.6 Å². The summed E-state index contributed by atoms with van der Waals surface area (Å²) in [6.07, 6.45) is 3.57. The van der Waals surface area contributed by atoms with Crippen molar-refractivity contribution >= 4 is 11.9 Å². The molecule has 1 aromatic carbocycles. The van der Waals surface area contributed by atoms with Crippen molar-refractivity contribution in [1.29, 1.82) is 0 Å². The van der Waals surface area contributed by atoms with Crippen LogP contribution >= 0.6 is 0 Å². The molecule has 0 amide bonds. The Morgan fingerprint density at radius 1 is 1.03 bits per heavy atom. The second kappa shape index (κ2) is 10.3. The van der Waals surface area contributed by atoms with Crippen LogP contribution in [0.1, 0.15) is 50.4 Å². The highest BCUT2D eigenvalue weighted by Crippen LogP contribution is 2.40. The number of piperidine rings is 1. The zero-order chi connectivity index (χ0) is 24.2. The molecule has 1 fully saturated rings. The van der Waals surface area contributed by atoms with E-state index in [1.54, 1.807) is 44.2 Å². The topological polar surface area (TPSA) is 81.0 Å². The van der Waals surface area contributed by atoms with E-state index in [-0.39, 0.29) is 22.7 Å². The molecule has 0 aliphatic carbocycles. The highest BCUT2D eigenvalue weighted by Gasteiger charge is 2.39. The summed E-state index contributed by atoms with van der Waals surface area (Å²) in [6, 6.07) is 9.43. The first kappa shape index (κ1) is 23.8. The fraction of sp³-hybridized carbons (Fsp3) is 0.385. The summed E-state index contributed by atoms with van der Waals surface area (Å²) in [6.45, 7) is 6.05. The van der Waals surface area contributed by atoms with Gasteiger partial charge >= 0.3 is 11.9 Å². The van der Waals surface area contributed by atoms with Crippen LogP contribution in [-0.4, -0.2) is 37.0 Å². The smallest absolute Gasteiger partial charge is 0.344 e. The van der Waals surface area contributed by atoms with Crippen LogP contribution in [0.4, 0.5) is 4.39 Å². The standard InChI is InChI=1S/C26H29FN2O5/c1-16-22(25(30)32-3)24(19-9-5-6-10-20(19)27)23(17(2)28-16)26(31)34-21-12-11-18(33-21)15-29-13-7-4-8-14-29/h5-6,9-12,24,28H,4,7-8,13-15H2,1-3H3. The number of allylic oxidation sites excluding steroid dienone is 2. The molecule has 0 radical (unpaired) electrons. The second-order valence-electron chi connectivity index (χ2n) is 8.60. The van der Waals surface area contributed by atoms with Gasteiger partial charge < -0.3 is 19.2 Å². The van der Waals surface area contributed by atoms with Crippen molar-refractivity contribution < 1.29 is 27.9 Å². The maximum atomic E-state index is 14.9. The molecule has 1 saturated heterocycles. The highest BCUT2D eigenvalue weighted by molar-refractivity contribution is 6.00. The summed E-state index contributed by atoms with van der Waals surface area (Å²) in [4.78, 5) is 28.3. The number of nitrogens with one attached hydrogen (secondary N) is 1. The molecule has 0 saturated carbocycles. The molecule has 4 rings (SSSR count). The number of methoxy groups -OCH3 is 1. The lowest BCUT2D eigenvalue weighted by Gasteiger charge is -2.30. The summed E-state index contributed by atoms with van der Waals surface area (Å²) in [7, 11) is 1.25. The highest BCUT2D eigenvalue weighted by atomic mass is 19.1. The SMILES string of the molecule is COC(=O)C1=C(C)NC(C)=C(C(=O)Oc2ccc(CN3CCCCC3)o2)C1c1ccccc1F. The normalized spacial score (nSPS) is 19.1. The number of ether oxygens (including phenoxy) is 2. The number of benzene rings is 1. The van der Waals surface area contributed by atoms with Crippen molar-refractivity contribution in [3.05, 3.63) is 76.1 Å². The molecule has 3 heterocycles. The molecule has 34 heavy (non-hydrogen) atoms. The van der Waals surface area contributed by atoms with Gasteiger partial charge in [-0.25, -0.2) is 14.0 Å². The average molecular weight is 469 g/mol. The maximum absolute atomic E-state index is 14.9. The number of likely N-dealkylation sites (tertiary alicyclic amines) is 1. The summed E-state index contributed by atoms with van der Waals surface area (Å²) >= 11 is 0. The maximum Gasteiger partial charge on any atom is 0.344 e. The molecule has 1 N–H and O–H groups in total. The predicted octanol–water partition coefficient (Wildman–Crippen LogP) is 4.42. The van der Waals surface area contributed by atoms with Gasteiger partial charge in [0.15, 0.2) is 0 Å². The van der Waals surface area contributed by atoms with E-state index in [2.05, 4.69) is 10.2 Å². The van der Waals surface area contributed by atoms with Gasteiger partial charge in [0.05, 0.1) is 30.7 Å². The molecular weight excluding hydrogens is 439 g/mol. The Labute approximate surface area is 198 Å². The molecule has 1 atom stereocenters. The van der Waals surface area contributed by atoms with Gasteiger partial charge in [-0.3, -0.25) is 4.90 Å². The van der Waals surface area contributed by atoms with Crippen LogP contribution in [0.25, 0.3) is 0 Å². The molecule has 180 valence electrons. The molecule has 2 aromatic rings. The Morgan fingerprint density at radius 2 is 1.71 bits per heavy atom. The molecule has 8 heteroatoms. The Hall–Kier alpha value is -3.39. The van der Waals surface area contributed by atoms with Crippen LogP contribution in [-0.2, 0) is 20.9 Å². The fourth-order valence-electron chi connectivity index (χ4n) is 4.65. The largest absolute Gasteiger partial charge is 0.466 e. The number of hydrogen-bond donors (Lipinski definition) is 1. The first-order valence-corrected chi connectivity index (χ1v) is 11.4. The second-order valence-corrected chi connectivity index (χ2v) is 8.60. The van der Waals surface area contributed by atoms with Crippen LogP contribution in [0.15, 0.2) is 63.4 Å². The van der Waals surface area contributed by atoms with Gasteiger partial charge in [0.1, 0.15) is 11.6 Å². The van der Waals surface area contributed by atoms with Gasteiger partial charge in [-0.1, -0.05) is 24.6 Å². The van der Waals surface area contributed by atoms with Crippen molar-refractivity contribution in [2.45, 2.75) is 45.6 Å². The van der Waals surface area contributed by atoms with E-state index in [0.29, 0.717) is 23.7 Å². The van der Waals surface area contributed by atoms with Crippen molar-refractivity contribution in [1.82, 2.24) is 10.2 Å². The molecule has 2 aliphatic rings. The fourth-order valence-corrected chi connectivity index (χ4v) is 4.65. The van der Waals surface area contributed by atoms with Crippen LogP contribution < -0.4 is 10.1 Å². The van der Waals surface area contributed by atoms with E-state index in [1.807, 2.05) is 0 Å². The van der Waals surface area contributed by atoms with Crippen molar-refractivity contribution in [2.75, 3.05) is 20.2 Å². The Kier molecular flexibility index (Phi) is 7.17. The third-order valence-electron chi connectivity index (χ3n) is 6.26. The minimum atomic E-state index is -0.995. The van der Waals surface area contributed by atoms with Crippen LogP contribution in [0, 0.1) is 5.82 Å². The average Bonchev–Trinajstić information content (AvgIpc) is 3.25. The number of carbonyl (C=O) groups is 2. The van der Waals surface area contributed by atoms with Gasteiger partial charge in [-0.2, -0.15) is 0 Å². The monoisotopic (exact) mass is 468 g/mol. The molecule has 2 aliphatic heterocycles. The summed E-state index contributed by atoms with van der Waals surface area (Å²) in [5, 5.41) is 3.04. The Morgan fingerprint density at radius 3 is 2.38 bits per heavy atom. The predicted molar refractivity (Wildman–Crippen MR) is 123 cm³/mol. The van der Waals surface area contributed by atoms with Crippen LogP contribution in [0.2, 0.25) is 0 Å². The third kappa shape index (κ3) is 4.92. The lowest BCUT2D eigenvalue weighted by Crippen LogP contribution is -2.33.